The third-order valence-corrected chi connectivity index (χ3v) is 5.88. The fourth-order valence-corrected chi connectivity index (χ4v) is 4.21. The summed E-state index contributed by atoms with van der Waals surface area (Å²) in [5, 5.41) is 8.13. The molecule has 0 saturated carbocycles. The van der Waals surface area contributed by atoms with E-state index >= 15 is 0 Å². The lowest BCUT2D eigenvalue weighted by Gasteiger charge is -2.12. The second-order valence-electron chi connectivity index (χ2n) is 6.70. The van der Waals surface area contributed by atoms with Crippen LogP contribution in [0.5, 0.6) is 11.6 Å². The van der Waals surface area contributed by atoms with E-state index in [1.165, 1.54) is 0 Å². The van der Waals surface area contributed by atoms with Crippen molar-refractivity contribution in [3.63, 3.8) is 0 Å². The topological polar surface area (TPSA) is 99.0 Å². The van der Waals surface area contributed by atoms with Gasteiger partial charge in [0.25, 0.3) is 10.0 Å². The summed E-state index contributed by atoms with van der Waals surface area (Å²) >= 11 is 0. The maximum atomic E-state index is 12.7. The number of sulfonamides is 1. The molecule has 0 bridgehead atoms. The number of nitrogens with zero attached hydrogens (tertiary/aromatic N) is 4. The number of hydrogen-bond donors (Lipinski definition) is 1. The van der Waals surface area contributed by atoms with E-state index in [-0.39, 0.29) is 4.90 Å². The van der Waals surface area contributed by atoms with Crippen LogP contribution in [0, 0.1) is 13.8 Å². The third kappa shape index (κ3) is 4.31. The summed E-state index contributed by atoms with van der Waals surface area (Å²) in [7, 11) is -3.69. The molecule has 4 aromatic rings. The van der Waals surface area contributed by atoms with Crippen LogP contribution >= 0.6 is 0 Å². The van der Waals surface area contributed by atoms with Crippen molar-refractivity contribution < 1.29 is 13.2 Å². The molecule has 0 aliphatic rings. The third-order valence-electron chi connectivity index (χ3n) is 4.36. The summed E-state index contributed by atoms with van der Waals surface area (Å²) in [5.41, 5.74) is 2.00. The molecule has 8 nitrogen and oxygen atoms in total. The molecule has 0 spiro atoms. The predicted octanol–water partition coefficient (Wildman–Crippen LogP) is 3.87. The predicted molar refractivity (Wildman–Crippen MR) is 112 cm³/mol. The SMILES string of the molecule is Cc1ccc(C)c(S(=O)(=O)Nc2ccc(Oc3ccc(-n4ccnc4)nn3)cc2)c1. The highest BCUT2D eigenvalue weighted by Crippen LogP contribution is 2.24. The minimum atomic E-state index is -3.69. The van der Waals surface area contributed by atoms with Crippen molar-refractivity contribution in [2.75, 3.05) is 4.72 Å². The molecule has 152 valence electrons. The largest absolute Gasteiger partial charge is 0.438 e. The number of benzene rings is 2. The summed E-state index contributed by atoms with van der Waals surface area (Å²) in [4.78, 5) is 4.23. The first-order chi connectivity index (χ1) is 14.4. The molecule has 2 aromatic heterocycles. The Labute approximate surface area is 174 Å². The first-order valence-electron chi connectivity index (χ1n) is 9.11. The Balaban J connectivity index is 1.46. The first kappa shape index (κ1) is 19.6. The zero-order valence-electron chi connectivity index (χ0n) is 16.4. The zero-order valence-corrected chi connectivity index (χ0v) is 17.2. The quantitative estimate of drug-likeness (QED) is 0.507. The summed E-state index contributed by atoms with van der Waals surface area (Å²) < 4.78 is 35.4. The number of anilines is 1. The lowest BCUT2D eigenvalue weighted by Crippen LogP contribution is -2.14. The molecule has 2 heterocycles. The number of aryl methyl sites for hydroxylation is 2. The molecular formula is C21H19N5O3S. The van der Waals surface area contributed by atoms with Crippen molar-refractivity contribution in [3.8, 4) is 17.4 Å². The van der Waals surface area contributed by atoms with E-state index in [2.05, 4.69) is 19.9 Å². The van der Waals surface area contributed by atoms with Gasteiger partial charge in [0.15, 0.2) is 5.82 Å². The molecule has 0 radical (unpaired) electrons. The molecule has 0 fully saturated rings. The number of ether oxygens (including phenoxy) is 1. The van der Waals surface area contributed by atoms with Gasteiger partial charge in [0.1, 0.15) is 12.1 Å². The van der Waals surface area contributed by atoms with E-state index in [1.54, 1.807) is 78.7 Å². The highest BCUT2D eigenvalue weighted by atomic mass is 32.2. The maximum Gasteiger partial charge on any atom is 0.262 e. The Hall–Kier alpha value is -3.72. The van der Waals surface area contributed by atoms with Crippen LogP contribution in [0.15, 0.2) is 78.2 Å². The van der Waals surface area contributed by atoms with Crippen LogP contribution in [0.1, 0.15) is 11.1 Å². The van der Waals surface area contributed by atoms with Crippen molar-refractivity contribution in [1.82, 2.24) is 19.7 Å². The molecule has 30 heavy (non-hydrogen) atoms. The van der Waals surface area contributed by atoms with Crippen molar-refractivity contribution >= 4 is 15.7 Å². The second-order valence-corrected chi connectivity index (χ2v) is 8.35. The van der Waals surface area contributed by atoms with Gasteiger partial charge < -0.3 is 4.74 Å². The van der Waals surface area contributed by atoms with Gasteiger partial charge in [0.05, 0.1) is 4.90 Å². The van der Waals surface area contributed by atoms with Crippen LogP contribution in [0.25, 0.3) is 5.82 Å². The summed E-state index contributed by atoms with van der Waals surface area (Å²) in [6, 6.07) is 15.4. The van der Waals surface area contributed by atoms with Gasteiger partial charge in [0, 0.05) is 24.1 Å². The molecule has 1 N–H and O–H groups in total. The fraction of sp³-hybridized carbons (Fsp3) is 0.0952. The smallest absolute Gasteiger partial charge is 0.262 e. The Morgan fingerprint density at radius 3 is 2.43 bits per heavy atom. The van der Waals surface area contributed by atoms with E-state index in [0.717, 1.165) is 5.56 Å². The Morgan fingerprint density at radius 2 is 1.77 bits per heavy atom. The molecule has 0 saturated heterocycles. The van der Waals surface area contributed by atoms with E-state index in [0.29, 0.717) is 28.7 Å². The standard InChI is InChI=1S/C21H19N5O3S/c1-15-3-4-16(2)19(13-15)30(27,28)25-17-5-7-18(8-6-17)29-21-10-9-20(23-24-21)26-12-11-22-14-26/h3-14,25H,1-2H3. The summed E-state index contributed by atoms with van der Waals surface area (Å²) in [6.45, 7) is 3.62. The van der Waals surface area contributed by atoms with E-state index in [4.69, 9.17) is 4.74 Å². The van der Waals surface area contributed by atoms with Crippen LogP contribution in [0.4, 0.5) is 5.69 Å². The van der Waals surface area contributed by atoms with Gasteiger partial charge in [-0.25, -0.2) is 13.4 Å². The van der Waals surface area contributed by atoms with Crippen LogP contribution in [-0.4, -0.2) is 28.2 Å². The van der Waals surface area contributed by atoms with Gasteiger partial charge in [-0.05, 0) is 61.4 Å². The molecule has 0 atom stereocenters. The van der Waals surface area contributed by atoms with Crippen LogP contribution in [0.2, 0.25) is 0 Å². The summed E-state index contributed by atoms with van der Waals surface area (Å²) in [5.74, 6) is 1.45. The number of imidazole rings is 1. The second kappa shape index (κ2) is 7.96. The highest BCUT2D eigenvalue weighted by molar-refractivity contribution is 7.92. The van der Waals surface area contributed by atoms with E-state index in [1.807, 2.05) is 13.0 Å². The van der Waals surface area contributed by atoms with Crippen molar-refractivity contribution in [3.05, 3.63) is 84.4 Å². The zero-order chi connectivity index (χ0) is 21.1. The molecule has 0 aliphatic carbocycles. The molecule has 9 heteroatoms. The molecule has 4 rings (SSSR count). The van der Waals surface area contributed by atoms with Crippen molar-refractivity contribution in [2.24, 2.45) is 0 Å². The number of hydrogen-bond acceptors (Lipinski definition) is 6. The van der Waals surface area contributed by atoms with Gasteiger partial charge in [0.2, 0.25) is 5.88 Å². The van der Waals surface area contributed by atoms with Crippen LogP contribution < -0.4 is 9.46 Å². The number of rotatable bonds is 6. The van der Waals surface area contributed by atoms with Crippen molar-refractivity contribution in [2.45, 2.75) is 18.7 Å². The Kier molecular flexibility index (Phi) is 5.20. The van der Waals surface area contributed by atoms with Gasteiger partial charge in [-0.15, -0.1) is 10.2 Å². The average molecular weight is 421 g/mol. The molecule has 0 aliphatic heterocycles. The molecule has 0 unspecified atom stereocenters. The normalized spacial score (nSPS) is 11.3. The van der Waals surface area contributed by atoms with E-state index in [9.17, 15) is 8.42 Å². The number of aromatic nitrogens is 4. The monoisotopic (exact) mass is 421 g/mol. The van der Waals surface area contributed by atoms with Gasteiger partial charge in [-0.3, -0.25) is 9.29 Å². The average Bonchev–Trinajstić information content (AvgIpc) is 3.26. The lowest BCUT2D eigenvalue weighted by atomic mass is 10.2. The van der Waals surface area contributed by atoms with Gasteiger partial charge >= 0.3 is 0 Å². The van der Waals surface area contributed by atoms with Gasteiger partial charge in [-0.2, -0.15) is 0 Å². The van der Waals surface area contributed by atoms with Crippen molar-refractivity contribution in [1.29, 1.82) is 0 Å². The molecule has 0 amide bonds. The van der Waals surface area contributed by atoms with E-state index < -0.39 is 10.0 Å². The number of nitrogens with one attached hydrogen (secondary N) is 1. The molecule has 2 aromatic carbocycles. The Morgan fingerprint density at radius 1 is 0.967 bits per heavy atom. The van der Waals surface area contributed by atoms with Crippen LogP contribution in [0.3, 0.4) is 0 Å². The highest BCUT2D eigenvalue weighted by Gasteiger charge is 2.17. The lowest BCUT2D eigenvalue weighted by molar-refractivity contribution is 0.454. The minimum absolute atomic E-state index is 0.260. The van der Waals surface area contributed by atoms with Crippen LogP contribution in [-0.2, 0) is 10.0 Å². The van der Waals surface area contributed by atoms with Gasteiger partial charge in [-0.1, -0.05) is 12.1 Å². The fourth-order valence-electron chi connectivity index (χ4n) is 2.82. The molecular weight excluding hydrogens is 402 g/mol. The first-order valence-corrected chi connectivity index (χ1v) is 10.6. The Bertz CT molecular complexity index is 1250. The maximum absolute atomic E-state index is 12.7. The minimum Gasteiger partial charge on any atom is -0.438 e. The summed E-state index contributed by atoms with van der Waals surface area (Å²) in [6.07, 6.45) is 5.05.